The summed E-state index contributed by atoms with van der Waals surface area (Å²) in [5.41, 5.74) is 0.00527. The van der Waals surface area contributed by atoms with Crippen LogP contribution < -0.4 is 11.1 Å². The van der Waals surface area contributed by atoms with Crippen LogP contribution in [0.4, 0.5) is 5.69 Å². The van der Waals surface area contributed by atoms with Crippen LogP contribution in [-0.4, -0.2) is 93.2 Å². The lowest BCUT2D eigenvalue weighted by Crippen LogP contribution is -2.78. The molecule has 8 rings (SSSR count). The SMILES string of the molecule is CC1=C2C(OC(=O)c3ccccc3N)C(=O)[C@]3(C)CCC4OCC4(O)C3C(OC(=O)c3ccccc3)C(O)(CC1OC(=O)C(O)C(NC(=O)c1ccccc1)c1ccccc1)C2(C)C. The molecule has 1 saturated heterocycles. The van der Waals surface area contributed by atoms with Gasteiger partial charge in [0.1, 0.15) is 23.4 Å². The van der Waals surface area contributed by atoms with E-state index >= 15 is 4.79 Å². The topological polar surface area (TPSA) is 221 Å². The number of Topliss-reactive ketones (excluding diaryl/α,β-unsaturated/α-hetero) is 1. The zero-order valence-corrected chi connectivity index (χ0v) is 35.9. The van der Waals surface area contributed by atoms with E-state index in [-0.39, 0.29) is 53.0 Å². The summed E-state index contributed by atoms with van der Waals surface area (Å²) >= 11 is 0. The van der Waals surface area contributed by atoms with Crippen molar-refractivity contribution >= 4 is 35.3 Å². The van der Waals surface area contributed by atoms with Gasteiger partial charge in [-0.1, -0.05) is 99.6 Å². The number of carbonyl (C=O) groups excluding carboxylic acids is 5. The van der Waals surface area contributed by atoms with Gasteiger partial charge >= 0.3 is 17.9 Å². The van der Waals surface area contributed by atoms with E-state index in [1.165, 1.54) is 24.3 Å². The number of nitrogens with two attached hydrogens (primary N) is 1. The smallest absolute Gasteiger partial charge is 0.341 e. The molecule has 10 atom stereocenters. The van der Waals surface area contributed by atoms with Crippen LogP contribution in [0.2, 0.25) is 0 Å². The van der Waals surface area contributed by atoms with Gasteiger partial charge in [-0.15, -0.1) is 0 Å². The summed E-state index contributed by atoms with van der Waals surface area (Å²) in [6, 6.07) is 29.5. The highest BCUT2D eigenvalue weighted by atomic mass is 16.6. The van der Waals surface area contributed by atoms with Gasteiger partial charge in [0.25, 0.3) is 5.91 Å². The minimum atomic E-state index is -2.29. The van der Waals surface area contributed by atoms with E-state index in [1.807, 2.05) is 0 Å². The summed E-state index contributed by atoms with van der Waals surface area (Å²) in [6.45, 7) is 6.16. The second kappa shape index (κ2) is 16.7. The monoisotopic (exact) mass is 872 g/mol. The summed E-state index contributed by atoms with van der Waals surface area (Å²) in [4.78, 5) is 72.0. The number of ketones is 1. The van der Waals surface area contributed by atoms with Crippen molar-refractivity contribution < 1.29 is 58.2 Å². The van der Waals surface area contributed by atoms with Crippen molar-refractivity contribution in [3.63, 3.8) is 0 Å². The Balaban J connectivity index is 1.26. The number of nitrogens with one attached hydrogen (secondary N) is 1. The summed E-state index contributed by atoms with van der Waals surface area (Å²) in [5, 5.41) is 40.9. The molecule has 6 N–H and O–H groups in total. The molecular weight excluding hydrogens is 821 g/mol. The molecule has 3 fully saturated rings. The predicted molar refractivity (Wildman–Crippen MR) is 231 cm³/mol. The summed E-state index contributed by atoms with van der Waals surface area (Å²) in [5.74, 6) is -5.57. The Bertz CT molecular complexity index is 2500. The van der Waals surface area contributed by atoms with Crippen molar-refractivity contribution in [1.29, 1.82) is 0 Å². The molecule has 4 aliphatic rings. The Morgan fingerprint density at radius 2 is 1.39 bits per heavy atom. The van der Waals surface area contributed by atoms with Crippen molar-refractivity contribution in [2.75, 3.05) is 12.3 Å². The zero-order valence-electron chi connectivity index (χ0n) is 35.9. The maximum Gasteiger partial charge on any atom is 0.341 e. The minimum absolute atomic E-state index is 0.0267. The van der Waals surface area contributed by atoms with Gasteiger partial charge in [-0.25, -0.2) is 14.4 Å². The average molecular weight is 873 g/mol. The molecule has 4 aromatic carbocycles. The number of hydrogen-bond acceptors (Lipinski definition) is 13. The fraction of sp³-hybridized carbons (Fsp3) is 0.380. The fourth-order valence-electron chi connectivity index (χ4n) is 10.5. The number of fused-ring (bicyclic) bond motifs is 5. The van der Waals surface area contributed by atoms with Gasteiger partial charge in [-0.05, 0) is 72.9 Å². The van der Waals surface area contributed by atoms with Gasteiger partial charge in [-0.3, -0.25) is 9.59 Å². The highest BCUT2D eigenvalue weighted by molar-refractivity contribution is 6.00. The van der Waals surface area contributed by atoms with Gasteiger partial charge in [-0.2, -0.15) is 0 Å². The lowest BCUT2D eigenvalue weighted by Gasteiger charge is -2.66. The zero-order chi connectivity index (χ0) is 45.8. The van der Waals surface area contributed by atoms with Crippen LogP contribution in [0.25, 0.3) is 0 Å². The maximum atomic E-state index is 15.7. The van der Waals surface area contributed by atoms with Crippen LogP contribution in [0, 0.1) is 16.7 Å². The largest absolute Gasteiger partial charge is 0.456 e. The average Bonchev–Trinajstić information content (AvgIpc) is 3.28. The molecule has 14 nitrogen and oxygen atoms in total. The number of rotatable bonds is 10. The van der Waals surface area contributed by atoms with Crippen LogP contribution >= 0.6 is 0 Å². The molecule has 334 valence electrons. The number of aliphatic hydroxyl groups is 3. The highest BCUT2D eigenvalue weighted by Gasteiger charge is 2.75. The number of ether oxygens (including phenoxy) is 4. The Labute approximate surface area is 370 Å². The lowest BCUT2D eigenvalue weighted by molar-refractivity contribution is -0.329. The number of amides is 1. The first-order valence-corrected chi connectivity index (χ1v) is 21.3. The second-order valence-electron chi connectivity index (χ2n) is 18.1. The van der Waals surface area contributed by atoms with E-state index in [9.17, 15) is 34.5 Å². The van der Waals surface area contributed by atoms with Crippen molar-refractivity contribution in [2.24, 2.45) is 16.7 Å². The maximum absolute atomic E-state index is 15.7. The quantitative estimate of drug-likeness (QED) is 0.0609. The Kier molecular flexibility index (Phi) is 11.6. The first kappa shape index (κ1) is 44.4. The Morgan fingerprint density at radius 3 is 2.00 bits per heavy atom. The molecule has 0 radical (unpaired) electrons. The summed E-state index contributed by atoms with van der Waals surface area (Å²) < 4.78 is 24.7. The number of carbonyl (C=O) groups is 5. The van der Waals surface area contributed by atoms with Crippen molar-refractivity contribution in [1.82, 2.24) is 5.32 Å². The Hall–Kier alpha value is -6.19. The normalized spacial score (nSPS) is 30.1. The molecule has 9 unspecified atom stereocenters. The molecule has 2 bridgehead atoms. The van der Waals surface area contributed by atoms with Crippen LogP contribution in [0.3, 0.4) is 0 Å². The molecule has 2 saturated carbocycles. The van der Waals surface area contributed by atoms with E-state index in [1.54, 1.807) is 119 Å². The standard InChI is InChI=1S/C50H52N2O12/c1-28-34(62-46(58)38(53)37(29-16-8-5-9-17-29)52-43(55)30-18-10-6-11-19-30)26-50(60)42(64-44(56)31-20-12-7-13-21-31)40-48(4,25-24-35-49(40,59)27-61-35)41(54)39(36(28)47(50,2)3)63-45(57)32-22-14-15-23-33(32)51/h5-23,34-35,37-40,42,53,59-60H,24-27,51H2,1-4H3,(H,52,55)/t34?,35?,37?,38?,39?,40?,42?,48-,49?,50?/m1/s1. The van der Waals surface area contributed by atoms with Gasteiger partial charge in [0.05, 0.1) is 29.9 Å². The van der Waals surface area contributed by atoms with E-state index in [4.69, 9.17) is 24.7 Å². The predicted octanol–water partition coefficient (Wildman–Crippen LogP) is 5.07. The third-order valence-electron chi connectivity index (χ3n) is 14.2. The molecule has 1 heterocycles. The summed E-state index contributed by atoms with van der Waals surface area (Å²) in [6.07, 6.45) is -7.84. The van der Waals surface area contributed by atoms with Gasteiger partial charge in [0.15, 0.2) is 18.0 Å². The van der Waals surface area contributed by atoms with E-state index in [2.05, 4.69) is 5.32 Å². The first-order chi connectivity index (χ1) is 30.4. The molecule has 0 aromatic heterocycles. The van der Waals surface area contributed by atoms with Crippen LogP contribution in [0.15, 0.2) is 126 Å². The van der Waals surface area contributed by atoms with Crippen LogP contribution in [0.1, 0.15) is 89.6 Å². The molecule has 0 spiro atoms. The highest BCUT2D eigenvalue weighted by Crippen LogP contribution is 2.63. The van der Waals surface area contributed by atoms with Gasteiger partial charge < -0.3 is 45.3 Å². The van der Waals surface area contributed by atoms with Crippen molar-refractivity contribution in [3.8, 4) is 0 Å². The van der Waals surface area contributed by atoms with Crippen molar-refractivity contribution in [2.45, 2.75) is 94.7 Å². The number of anilines is 1. The third kappa shape index (κ3) is 7.37. The number of esters is 3. The van der Waals surface area contributed by atoms with E-state index < -0.39 is 101 Å². The lowest BCUT2D eigenvalue weighted by atomic mass is 9.45. The molecule has 1 amide bonds. The van der Waals surface area contributed by atoms with Crippen LogP contribution in [-0.2, 0) is 28.5 Å². The van der Waals surface area contributed by atoms with Crippen molar-refractivity contribution in [3.05, 3.63) is 149 Å². The summed E-state index contributed by atoms with van der Waals surface area (Å²) in [7, 11) is 0. The molecule has 64 heavy (non-hydrogen) atoms. The number of benzene rings is 4. The number of para-hydroxylation sites is 1. The molecule has 4 aromatic rings. The molecule has 3 aliphatic carbocycles. The van der Waals surface area contributed by atoms with E-state index in [0.717, 1.165) is 0 Å². The van der Waals surface area contributed by atoms with Crippen LogP contribution in [0.5, 0.6) is 0 Å². The van der Waals surface area contributed by atoms with Gasteiger partial charge in [0, 0.05) is 34.4 Å². The molecular formula is C50H52N2O12. The minimum Gasteiger partial charge on any atom is -0.456 e. The van der Waals surface area contributed by atoms with E-state index in [0.29, 0.717) is 5.56 Å². The molecule has 14 heteroatoms. The number of aliphatic hydroxyl groups excluding tert-OH is 1. The van der Waals surface area contributed by atoms with Gasteiger partial charge in [0.2, 0.25) is 0 Å². The number of nitrogen functional groups attached to an aromatic ring is 1. The Morgan fingerprint density at radius 1 is 0.797 bits per heavy atom. The first-order valence-electron chi connectivity index (χ1n) is 21.3. The third-order valence-corrected chi connectivity index (χ3v) is 14.2. The fourth-order valence-corrected chi connectivity index (χ4v) is 10.5. The second-order valence-corrected chi connectivity index (χ2v) is 18.1. The molecule has 1 aliphatic heterocycles. The number of hydrogen-bond donors (Lipinski definition) is 5.